The van der Waals surface area contributed by atoms with Crippen molar-refractivity contribution in [1.82, 2.24) is 0 Å². The number of thiophene rings is 1. The Bertz CT molecular complexity index is 3410. The summed E-state index contributed by atoms with van der Waals surface area (Å²) in [4.78, 5) is 2.48. The Balaban J connectivity index is 1.08. The van der Waals surface area contributed by atoms with E-state index in [2.05, 4.69) is 199 Å². The molecule has 12 rings (SSSR count). The molecule has 3 heteroatoms. The molecule has 0 radical (unpaired) electrons. The molecule has 292 valence electrons. The number of furan rings is 1. The Morgan fingerprint density at radius 3 is 1.84 bits per heavy atom. The third kappa shape index (κ3) is 6.06. The Morgan fingerprint density at radius 2 is 1.03 bits per heavy atom. The molecule has 1 fully saturated rings. The molecular formula is C58H43NOS. The van der Waals surface area contributed by atoms with Crippen molar-refractivity contribution in [3.8, 4) is 33.4 Å². The van der Waals surface area contributed by atoms with E-state index in [4.69, 9.17) is 4.42 Å². The fourth-order valence-electron chi connectivity index (χ4n) is 10.3. The van der Waals surface area contributed by atoms with Gasteiger partial charge in [-0.25, -0.2) is 0 Å². The molecule has 1 saturated carbocycles. The molecule has 0 aliphatic heterocycles. The highest BCUT2D eigenvalue weighted by Gasteiger charge is 2.25. The van der Waals surface area contributed by atoms with Crippen molar-refractivity contribution in [1.29, 1.82) is 0 Å². The van der Waals surface area contributed by atoms with Crippen molar-refractivity contribution in [2.45, 2.75) is 38.0 Å². The number of hydrogen-bond acceptors (Lipinski definition) is 3. The maximum Gasteiger partial charge on any atom is 0.143 e. The SMILES string of the molecule is c1ccc(N(c2ccc(-c3cccc4c3sc3ccccc34)cc2)c2ccccc2-c2cccc3cccc(C4CCCCC4)c23)c(-c2cccc3c2oc2ccccc23)c1. The highest BCUT2D eigenvalue weighted by atomic mass is 32.1. The summed E-state index contributed by atoms with van der Waals surface area (Å²) in [7, 11) is 0. The molecule has 2 nitrogen and oxygen atoms in total. The Morgan fingerprint density at radius 1 is 0.443 bits per heavy atom. The Hall–Kier alpha value is -6.94. The average molecular weight is 802 g/mol. The van der Waals surface area contributed by atoms with Crippen LogP contribution in [0.15, 0.2) is 199 Å². The van der Waals surface area contributed by atoms with Gasteiger partial charge in [0.1, 0.15) is 11.2 Å². The second kappa shape index (κ2) is 15.0. The first kappa shape index (κ1) is 36.0. The van der Waals surface area contributed by atoms with Crippen LogP contribution in [-0.2, 0) is 0 Å². The molecule has 1 aliphatic carbocycles. The largest absolute Gasteiger partial charge is 0.455 e. The van der Waals surface area contributed by atoms with Crippen LogP contribution in [-0.4, -0.2) is 0 Å². The summed E-state index contributed by atoms with van der Waals surface area (Å²) in [5, 5.41) is 7.58. The number of rotatable bonds is 7. The lowest BCUT2D eigenvalue weighted by Gasteiger charge is -2.31. The van der Waals surface area contributed by atoms with Gasteiger partial charge in [0.05, 0.1) is 11.4 Å². The van der Waals surface area contributed by atoms with Gasteiger partial charge in [0, 0.05) is 53.3 Å². The van der Waals surface area contributed by atoms with Gasteiger partial charge < -0.3 is 9.32 Å². The second-order valence-electron chi connectivity index (χ2n) is 16.6. The van der Waals surface area contributed by atoms with Gasteiger partial charge in [0.15, 0.2) is 0 Å². The summed E-state index contributed by atoms with van der Waals surface area (Å²) in [5.74, 6) is 0.574. The van der Waals surface area contributed by atoms with Crippen LogP contribution in [0.4, 0.5) is 17.1 Å². The van der Waals surface area contributed by atoms with Crippen LogP contribution >= 0.6 is 11.3 Å². The smallest absolute Gasteiger partial charge is 0.143 e. The summed E-state index contributed by atoms with van der Waals surface area (Å²) in [6.45, 7) is 0. The standard InChI is InChI=1S/C58H43NOS/c1-2-16-38(17-3-1)42-24-12-18-40-19-13-26-48(56(40)42)44-20-4-8-30-52(44)59(41-36-34-39(35-37-41)43-25-14-29-51-47-23-7-11-33-55(47)61-58(43)51)53-31-9-5-21-45(53)49-27-15-28-50-46-22-6-10-32-54(46)60-57(49)50/h4-15,18-38H,1-3,16-17H2. The van der Waals surface area contributed by atoms with Crippen LogP contribution in [0.5, 0.6) is 0 Å². The summed E-state index contributed by atoms with van der Waals surface area (Å²) in [6, 6.07) is 71.4. The van der Waals surface area contributed by atoms with Crippen LogP contribution in [0, 0.1) is 0 Å². The van der Waals surface area contributed by atoms with E-state index < -0.39 is 0 Å². The molecule has 0 N–H and O–H groups in total. The van der Waals surface area contributed by atoms with E-state index in [0.29, 0.717) is 5.92 Å². The van der Waals surface area contributed by atoms with Gasteiger partial charge in [-0.05, 0) is 88.2 Å². The lowest BCUT2D eigenvalue weighted by Crippen LogP contribution is -2.12. The third-order valence-electron chi connectivity index (χ3n) is 13.1. The van der Waals surface area contributed by atoms with Gasteiger partial charge in [-0.15, -0.1) is 11.3 Å². The number of para-hydroxylation sites is 4. The molecule has 1 aliphatic rings. The van der Waals surface area contributed by atoms with E-state index in [1.165, 1.54) is 90.9 Å². The van der Waals surface area contributed by atoms with Gasteiger partial charge in [-0.3, -0.25) is 0 Å². The van der Waals surface area contributed by atoms with Gasteiger partial charge in [0.2, 0.25) is 0 Å². The summed E-state index contributed by atoms with van der Waals surface area (Å²) < 4.78 is 9.35. The van der Waals surface area contributed by atoms with Gasteiger partial charge in [0.25, 0.3) is 0 Å². The van der Waals surface area contributed by atoms with Crippen LogP contribution in [0.3, 0.4) is 0 Å². The van der Waals surface area contributed by atoms with E-state index in [1.807, 2.05) is 11.3 Å². The number of benzene rings is 9. The predicted molar refractivity (Wildman–Crippen MR) is 261 cm³/mol. The second-order valence-corrected chi connectivity index (χ2v) is 17.6. The van der Waals surface area contributed by atoms with Crippen LogP contribution in [0.25, 0.3) is 86.3 Å². The average Bonchev–Trinajstić information content (AvgIpc) is 3.91. The van der Waals surface area contributed by atoms with Crippen molar-refractivity contribution in [2.75, 3.05) is 4.90 Å². The van der Waals surface area contributed by atoms with Gasteiger partial charge in [-0.2, -0.15) is 0 Å². The molecule has 0 atom stereocenters. The van der Waals surface area contributed by atoms with Crippen LogP contribution in [0.1, 0.15) is 43.6 Å². The third-order valence-corrected chi connectivity index (χ3v) is 14.3. The highest BCUT2D eigenvalue weighted by molar-refractivity contribution is 7.26. The first-order valence-electron chi connectivity index (χ1n) is 21.7. The van der Waals surface area contributed by atoms with Gasteiger partial charge in [-0.1, -0.05) is 177 Å². The molecular weight excluding hydrogens is 759 g/mol. The summed E-state index contributed by atoms with van der Waals surface area (Å²) in [6.07, 6.45) is 6.45. The van der Waals surface area contributed by atoms with Gasteiger partial charge >= 0.3 is 0 Å². The van der Waals surface area contributed by atoms with E-state index >= 15 is 0 Å². The minimum atomic E-state index is 0.574. The molecule has 0 bridgehead atoms. The molecule has 0 spiro atoms. The zero-order chi connectivity index (χ0) is 40.3. The Labute approximate surface area is 360 Å². The lowest BCUT2D eigenvalue weighted by molar-refractivity contribution is 0.445. The minimum Gasteiger partial charge on any atom is -0.455 e. The maximum atomic E-state index is 6.70. The first-order chi connectivity index (χ1) is 30.3. The quantitative estimate of drug-likeness (QED) is 0.160. The zero-order valence-electron chi connectivity index (χ0n) is 33.9. The highest BCUT2D eigenvalue weighted by Crippen LogP contribution is 2.49. The van der Waals surface area contributed by atoms with Crippen molar-refractivity contribution in [3.63, 3.8) is 0 Å². The maximum absolute atomic E-state index is 6.70. The number of fused-ring (bicyclic) bond motifs is 7. The van der Waals surface area contributed by atoms with E-state index in [9.17, 15) is 0 Å². The molecule has 61 heavy (non-hydrogen) atoms. The molecule has 9 aromatic carbocycles. The summed E-state index contributed by atoms with van der Waals surface area (Å²) in [5.41, 5.74) is 13.8. The van der Waals surface area contributed by atoms with E-state index in [1.54, 1.807) is 0 Å². The van der Waals surface area contributed by atoms with Crippen LogP contribution in [0.2, 0.25) is 0 Å². The molecule has 0 saturated heterocycles. The number of hydrogen-bond donors (Lipinski definition) is 0. The molecule has 2 aromatic heterocycles. The normalized spacial score (nSPS) is 13.5. The minimum absolute atomic E-state index is 0.574. The first-order valence-corrected chi connectivity index (χ1v) is 22.5. The predicted octanol–water partition coefficient (Wildman–Crippen LogP) is 17.6. The molecule has 0 amide bonds. The van der Waals surface area contributed by atoms with E-state index in [0.717, 1.165) is 50.1 Å². The molecule has 11 aromatic rings. The van der Waals surface area contributed by atoms with Crippen molar-refractivity contribution in [2.24, 2.45) is 0 Å². The Kier molecular flexibility index (Phi) is 8.82. The zero-order valence-corrected chi connectivity index (χ0v) is 34.7. The topological polar surface area (TPSA) is 16.4 Å². The molecule has 2 heterocycles. The molecule has 0 unspecified atom stereocenters. The fourth-order valence-corrected chi connectivity index (χ4v) is 11.5. The number of nitrogens with zero attached hydrogens (tertiary/aromatic N) is 1. The fraction of sp³-hybridized carbons (Fsp3) is 0.103. The van der Waals surface area contributed by atoms with Crippen LogP contribution < -0.4 is 4.90 Å². The lowest BCUT2D eigenvalue weighted by atomic mass is 9.80. The number of anilines is 3. The van der Waals surface area contributed by atoms with Crippen molar-refractivity contribution >= 4 is 81.3 Å². The monoisotopic (exact) mass is 801 g/mol. The summed E-state index contributed by atoms with van der Waals surface area (Å²) >= 11 is 1.88. The van der Waals surface area contributed by atoms with Crippen molar-refractivity contribution in [3.05, 3.63) is 200 Å². The van der Waals surface area contributed by atoms with E-state index in [-0.39, 0.29) is 0 Å². The van der Waals surface area contributed by atoms with Crippen molar-refractivity contribution < 1.29 is 4.42 Å².